The van der Waals surface area contributed by atoms with Crippen molar-refractivity contribution in [3.8, 4) is 0 Å². The van der Waals surface area contributed by atoms with E-state index in [9.17, 15) is 5.11 Å². The lowest BCUT2D eigenvalue weighted by atomic mass is 10.1. The maximum absolute atomic E-state index is 9.73. The van der Waals surface area contributed by atoms with Crippen molar-refractivity contribution in [3.63, 3.8) is 0 Å². The molecule has 0 aromatic carbocycles. The molecule has 2 N–H and O–H groups in total. The molecule has 1 aliphatic rings. The number of aliphatic hydroxyl groups is 1. The topological polar surface area (TPSA) is 60.0 Å². The van der Waals surface area contributed by atoms with Crippen molar-refractivity contribution in [2.45, 2.75) is 44.5 Å². The zero-order valence-corrected chi connectivity index (χ0v) is 11.6. The number of aliphatic hydroxyl groups excluding tert-OH is 1. The number of methoxy groups -OCH3 is 1. The summed E-state index contributed by atoms with van der Waals surface area (Å²) in [6.07, 6.45) is 3.37. The minimum Gasteiger partial charge on any atom is -0.389 e. The fourth-order valence-electron chi connectivity index (χ4n) is 2.00. The lowest BCUT2D eigenvalue weighted by Gasteiger charge is -2.23. The van der Waals surface area contributed by atoms with E-state index >= 15 is 0 Å². The smallest absolute Gasteiger partial charge is 0.0897 e. The molecule has 1 fully saturated rings. The van der Waals surface area contributed by atoms with Crippen molar-refractivity contribution < 1.29 is 19.3 Å². The second-order valence-electron chi connectivity index (χ2n) is 4.90. The number of rotatable bonds is 9. The minimum atomic E-state index is -0.479. The van der Waals surface area contributed by atoms with Gasteiger partial charge in [-0.15, -0.1) is 0 Å². The molecule has 0 aromatic rings. The van der Waals surface area contributed by atoms with E-state index in [0.29, 0.717) is 25.9 Å². The molecule has 1 saturated heterocycles. The zero-order chi connectivity index (χ0) is 13.2. The summed E-state index contributed by atoms with van der Waals surface area (Å²) in [5.74, 6) is 0. The van der Waals surface area contributed by atoms with E-state index in [1.54, 1.807) is 7.11 Å². The van der Waals surface area contributed by atoms with Crippen LogP contribution in [0.4, 0.5) is 0 Å². The second kappa shape index (κ2) is 9.69. The van der Waals surface area contributed by atoms with Gasteiger partial charge in [0.15, 0.2) is 0 Å². The van der Waals surface area contributed by atoms with Gasteiger partial charge < -0.3 is 24.6 Å². The van der Waals surface area contributed by atoms with E-state index in [2.05, 4.69) is 5.32 Å². The predicted molar refractivity (Wildman–Crippen MR) is 69.8 cm³/mol. The molecule has 18 heavy (non-hydrogen) atoms. The van der Waals surface area contributed by atoms with Crippen LogP contribution < -0.4 is 5.32 Å². The Bertz CT molecular complexity index is 197. The van der Waals surface area contributed by atoms with E-state index in [1.807, 2.05) is 6.92 Å². The molecule has 0 amide bonds. The molecule has 0 spiro atoms. The Morgan fingerprint density at radius 2 is 2.22 bits per heavy atom. The van der Waals surface area contributed by atoms with Crippen LogP contribution in [0.25, 0.3) is 0 Å². The SMILES string of the molecule is COCC(C)OCC(O)CNCC1CCCCO1. The van der Waals surface area contributed by atoms with Crippen LogP contribution in [-0.4, -0.2) is 63.4 Å². The number of hydrogen-bond acceptors (Lipinski definition) is 5. The Kier molecular flexibility index (Phi) is 8.54. The van der Waals surface area contributed by atoms with Crippen LogP contribution in [0, 0.1) is 0 Å². The molecule has 0 radical (unpaired) electrons. The normalized spacial score (nSPS) is 23.8. The van der Waals surface area contributed by atoms with Crippen LogP contribution in [-0.2, 0) is 14.2 Å². The highest BCUT2D eigenvalue weighted by Crippen LogP contribution is 2.11. The largest absolute Gasteiger partial charge is 0.389 e. The fourth-order valence-corrected chi connectivity index (χ4v) is 2.00. The van der Waals surface area contributed by atoms with Gasteiger partial charge in [-0.25, -0.2) is 0 Å². The van der Waals surface area contributed by atoms with Gasteiger partial charge in [-0.1, -0.05) is 0 Å². The first-order valence-electron chi connectivity index (χ1n) is 6.83. The number of nitrogens with one attached hydrogen (secondary N) is 1. The van der Waals surface area contributed by atoms with Crippen LogP contribution >= 0.6 is 0 Å². The average molecular weight is 261 g/mol. The Morgan fingerprint density at radius 3 is 2.89 bits per heavy atom. The van der Waals surface area contributed by atoms with Gasteiger partial charge in [-0.3, -0.25) is 0 Å². The number of hydrogen-bond donors (Lipinski definition) is 2. The van der Waals surface area contributed by atoms with Crippen molar-refractivity contribution in [2.24, 2.45) is 0 Å². The van der Waals surface area contributed by atoms with Crippen LogP contribution in [0.3, 0.4) is 0 Å². The van der Waals surface area contributed by atoms with Crippen molar-refractivity contribution in [1.29, 1.82) is 0 Å². The molecule has 5 heteroatoms. The maximum Gasteiger partial charge on any atom is 0.0897 e. The zero-order valence-electron chi connectivity index (χ0n) is 11.6. The summed E-state index contributed by atoms with van der Waals surface area (Å²) >= 11 is 0. The van der Waals surface area contributed by atoms with Gasteiger partial charge in [0.1, 0.15) is 0 Å². The summed E-state index contributed by atoms with van der Waals surface area (Å²) < 4.78 is 16.0. The Hall–Kier alpha value is -0.200. The molecule has 1 rings (SSSR count). The highest BCUT2D eigenvalue weighted by Gasteiger charge is 2.14. The summed E-state index contributed by atoms with van der Waals surface area (Å²) in [4.78, 5) is 0. The lowest BCUT2D eigenvalue weighted by molar-refractivity contribution is -0.0329. The summed E-state index contributed by atoms with van der Waals surface area (Å²) in [7, 11) is 1.64. The highest BCUT2D eigenvalue weighted by atomic mass is 16.5. The van der Waals surface area contributed by atoms with Gasteiger partial charge >= 0.3 is 0 Å². The van der Waals surface area contributed by atoms with E-state index in [-0.39, 0.29) is 6.10 Å². The molecule has 0 aromatic heterocycles. The van der Waals surface area contributed by atoms with E-state index in [1.165, 1.54) is 12.8 Å². The van der Waals surface area contributed by atoms with Gasteiger partial charge in [0.2, 0.25) is 0 Å². The first-order chi connectivity index (χ1) is 8.72. The molecule has 0 saturated carbocycles. The van der Waals surface area contributed by atoms with Gasteiger partial charge in [0.05, 0.1) is 31.5 Å². The average Bonchev–Trinajstić information content (AvgIpc) is 2.38. The Labute approximate surface area is 110 Å². The van der Waals surface area contributed by atoms with Gasteiger partial charge in [0.25, 0.3) is 0 Å². The summed E-state index contributed by atoms with van der Waals surface area (Å²) in [6, 6.07) is 0. The second-order valence-corrected chi connectivity index (χ2v) is 4.90. The predicted octanol–water partition coefficient (Wildman–Crippen LogP) is 0.558. The van der Waals surface area contributed by atoms with Gasteiger partial charge in [-0.05, 0) is 26.2 Å². The summed E-state index contributed by atoms with van der Waals surface area (Å²) in [6.45, 7) is 5.04. The molecule has 1 aliphatic heterocycles. The van der Waals surface area contributed by atoms with E-state index in [0.717, 1.165) is 19.6 Å². The quantitative estimate of drug-likeness (QED) is 0.635. The molecule has 1 heterocycles. The lowest BCUT2D eigenvalue weighted by Crippen LogP contribution is -2.38. The first-order valence-corrected chi connectivity index (χ1v) is 6.83. The molecule has 0 bridgehead atoms. The van der Waals surface area contributed by atoms with Crippen LogP contribution in [0.1, 0.15) is 26.2 Å². The third kappa shape index (κ3) is 7.28. The van der Waals surface area contributed by atoms with Crippen molar-refractivity contribution in [2.75, 3.05) is 40.0 Å². The minimum absolute atomic E-state index is 0.0197. The van der Waals surface area contributed by atoms with Crippen LogP contribution in [0.5, 0.6) is 0 Å². The molecular formula is C13H27NO4. The molecule has 3 unspecified atom stereocenters. The molecule has 5 nitrogen and oxygen atoms in total. The Morgan fingerprint density at radius 1 is 1.39 bits per heavy atom. The standard InChI is InChI=1S/C13H27NO4/c1-11(9-16-2)18-10-12(15)7-14-8-13-5-3-4-6-17-13/h11-15H,3-10H2,1-2H3. The number of ether oxygens (including phenoxy) is 3. The highest BCUT2D eigenvalue weighted by molar-refractivity contribution is 4.68. The van der Waals surface area contributed by atoms with Crippen LogP contribution in [0.15, 0.2) is 0 Å². The Balaban J connectivity index is 1.97. The molecule has 3 atom stereocenters. The maximum atomic E-state index is 9.73. The van der Waals surface area contributed by atoms with Crippen molar-refractivity contribution in [1.82, 2.24) is 5.32 Å². The van der Waals surface area contributed by atoms with Gasteiger partial charge in [0, 0.05) is 26.8 Å². The molecular weight excluding hydrogens is 234 g/mol. The third-order valence-corrected chi connectivity index (χ3v) is 3.00. The molecule has 0 aliphatic carbocycles. The summed E-state index contributed by atoms with van der Waals surface area (Å²) in [5, 5.41) is 13.0. The summed E-state index contributed by atoms with van der Waals surface area (Å²) in [5.41, 5.74) is 0. The van der Waals surface area contributed by atoms with E-state index < -0.39 is 6.10 Å². The van der Waals surface area contributed by atoms with Gasteiger partial charge in [-0.2, -0.15) is 0 Å². The third-order valence-electron chi connectivity index (χ3n) is 3.00. The van der Waals surface area contributed by atoms with Crippen LogP contribution in [0.2, 0.25) is 0 Å². The van der Waals surface area contributed by atoms with Crippen molar-refractivity contribution >= 4 is 0 Å². The first kappa shape index (κ1) is 15.9. The van der Waals surface area contributed by atoms with Crippen molar-refractivity contribution in [3.05, 3.63) is 0 Å². The van der Waals surface area contributed by atoms with E-state index in [4.69, 9.17) is 14.2 Å². The molecule has 108 valence electrons. The monoisotopic (exact) mass is 261 g/mol. The fraction of sp³-hybridized carbons (Fsp3) is 1.00.